The Balaban J connectivity index is 2.04. The Morgan fingerprint density at radius 3 is 2.57 bits per heavy atom. The molecule has 23 heavy (non-hydrogen) atoms. The topological polar surface area (TPSA) is 42.7 Å². The largest absolute Gasteiger partial charge is 0.371 e. The van der Waals surface area contributed by atoms with Gasteiger partial charge < -0.3 is 9.88 Å². The van der Waals surface area contributed by atoms with Crippen LogP contribution in [0.1, 0.15) is 0 Å². The zero-order valence-corrected chi connectivity index (χ0v) is 13.2. The number of halogens is 2. The van der Waals surface area contributed by atoms with E-state index in [1.165, 1.54) is 23.5 Å². The molecule has 0 saturated carbocycles. The number of rotatable bonds is 2. The molecule has 0 aliphatic heterocycles. The molecule has 0 aliphatic rings. The summed E-state index contributed by atoms with van der Waals surface area (Å²) in [5, 5.41) is 3.04. The van der Waals surface area contributed by atoms with Crippen LogP contribution in [0.3, 0.4) is 0 Å². The monoisotopic (exact) mass is 330 g/mol. The highest BCUT2D eigenvalue weighted by Gasteiger charge is 2.16. The van der Waals surface area contributed by atoms with Crippen molar-refractivity contribution in [3.8, 4) is 10.4 Å². The van der Waals surface area contributed by atoms with Crippen molar-refractivity contribution in [3.05, 3.63) is 42.2 Å². The van der Waals surface area contributed by atoms with Crippen molar-refractivity contribution in [2.75, 3.05) is 12.4 Å². The van der Waals surface area contributed by atoms with E-state index >= 15 is 0 Å². The average molecular weight is 330 g/mol. The fourth-order valence-electron chi connectivity index (χ4n) is 2.69. The van der Waals surface area contributed by atoms with Crippen molar-refractivity contribution in [2.45, 2.75) is 0 Å². The molecule has 0 saturated heterocycles. The maximum Gasteiger partial charge on any atom is 0.154 e. The lowest BCUT2D eigenvalue weighted by atomic mass is 10.2. The number of fused-ring (bicyclic) bond motifs is 3. The minimum atomic E-state index is -0.591. The third-order valence-electron chi connectivity index (χ3n) is 3.71. The summed E-state index contributed by atoms with van der Waals surface area (Å²) < 4.78 is 29.8. The van der Waals surface area contributed by atoms with Crippen LogP contribution in [0.4, 0.5) is 14.6 Å². The first kappa shape index (κ1) is 14.1. The van der Waals surface area contributed by atoms with Crippen LogP contribution in [-0.4, -0.2) is 21.6 Å². The van der Waals surface area contributed by atoms with Crippen LogP contribution in [0.25, 0.3) is 31.7 Å². The van der Waals surface area contributed by atoms with Gasteiger partial charge in [0.05, 0.1) is 22.1 Å². The molecular formula is C16H12F2N4S. The first-order valence-corrected chi connectivity index (χ1v) is 7.77. The first-order valence-electron chi connectivity index (χ1n) is 6.95. The minimum Gasteiger partial charge on any atom is -0.371 e. The number of imidazole rings is 1. The molecule has 0 aliphatic carbocycles. The van der Waals surface area contributed by atoms with E-state index in [9.17, 15) is 8.78 Å². The van der Waals surface area contributed by atoms with Gasteiger partial charge in [-0.05, 0) is 23.8 Å². The SMILES string of the molecule is CNc1nc2cc(-c3cc(F)cc(F)c3)sc2c2c1ncn2C. The van der Waals surface area contributed by atoms with Crippen molar-refractivity contribution >= 4 is 38.4 Å². The van der Waals surface area contributed by atoms with Crippen molar-refractivity contribution < 1.29 is 8.78 Å². The second-order valence-electron chi connectivity index (χ2n) is 5.25. The fourth-order valence-corrected chi connectivity index (χ4v) is 3.86. The van der Waals surface area contributed by atoms with Gasteiger partial charge in [0.15, 0.2) is 5.82 Å². The van der Waals surface area contributed by atoms with E-state index in [0.717, 1.165) is 32.2 Å². The fraction of sp³-hybridized carbons (Fsp3) is 0.125. The van der Waals surface area contributed by atoms with Gasteiger partial charge in [0, 0.05) is 25.0 Å². The van der Waals surface area contributed by atoms with E-state index in [1.807, 2.05) is 17.7 Å². The number of aromatic nitrogens is 3. The number of benzene rings is 1. The van der Waals surface area contributed by atoms with Crippen molar-refractivity contribution in [1.29, 1.82) is 0 Å². The zero-order chi connectivity index (χ0) is 16.1. The third kappa shape index (κ3) is 2.16. The summed E-state index contributed by atoms with van der Waals surface area (Å²) in [7, 11) is 3.70. The van der Waals surface area contributed by atoms with Gasteiger partial charge in [0.1, 0.15) is 17.2 Å². The number of pyridine rings is 1. The lowest BCUT2D eigenvalue weighted by molar-refractivity contribution is 0.584. The smallest absolute Gasteiger partial charge is 0.154 e. The lowest BCUT2D eigenvalue weighted by Gasteiger charge is -2.02. The predicted octanol–water partition coefficient (Wildman–Crippen LogP) is 4.17. The van der Waals surface area contributed by atoms with E-state index in [1.54, 1.807) is 13.4 Å². The van der Waals surface area contributed by atoms with Gasteiger partial charge >= 0.3 is 0 Å². The molecule has 0 radical (unpaired) electrons. The maximum atomic E-state index is 13.5. The molecule has 4 nitrogen and oxygen atoms in total. The zero-order valence-electron chi connectivity index (χ0n) is 12.4. The van der Waals surface area contributed by atoms with Crippen LogP contribution in [0, 0.1) is 11.6 Å². The molecule has 0 bridgehead atoms. The summed E-state index contributed by atoms with van der Waals surface area (Å²) in [5.41, 5.74) is 3.01. The molecule has 3 heterocycles. The summed E-state index contributed by atoms with van der Waals surface area (Å²) in [4.78, 5) is 9.70. The number of hydrogen-bond donors (Lipinski definition) is 1. The molecule has 4 rings (SSSR count). The van der Waals surface area contributed by atoms with Crippen LogP contribution in [-0.2, 0) is 7.05 Å². The second-order valence-corrected chi connectivity index (χ2v) is 6.30. The number of nitrogens with zero attached hydrogens (tertiary/aromatic N) is 3. The molecule has 0 fully saturated rings. The Labute approximate surface area is 134 Å². The lowest BCUT2D eigenvalue weighted by Crippen LogP contribution is -1.94. The number of anilines is 1. The minimum absolute atomic E-state index is 0.506. The average Bonchev–Trinajstić information content (AvgIpc) is 3.09. The summed E-state index contributed by atoms with van der Waals surface area (Å²) in [6, 6.07) is 5.37. The van der Waals surface area contributed by atoms with Crippen molar-refractivity contribution in [2.24, 2.45) is 7.05 Å². The van der Waals surface area contributed by atoms with E-state index in [0.29, 0.717) is 11.4 Å². The van der Waals surface area contributed by atoms with Crippen LogP contribution in [0.2, 0.25) is 0 Å². The Bertz CT molecular complexity index is 1030. The van der Waals surface area contributed by atoms with Gasteiger partial charge in [0.25, 0.3) is 0 Å². The van der Waals surface area contributed by atoms with E-state index in [2.05, 4.69) is 15.3 Å². The Morgan fingerprint density at radius 1 is 1.13 bits per heavy atom. The number of aryl methyl sites for hydroxylation is 1. The highest BCUT2D eigenvalue weighted by Crippen LogP contribution is 2.38. The molecule has 0 atom stereocenters. The van der Waals surface area contributed by atoms with Crippen LogP contribution in [0.5, 0.6) is 0 Å². The van der Waals surface area contributed by atoms with Gasteiger partial charge in [-0.15, -0.1) is 11.3 Å². The van der Waals surface area contributed by atoms with Gasteiger partial charge in [-0.1, -0.05) is 0 Å². The standard InChI is InChI=1S/C16H12F2N4S/c1-19-16-13-14(22(2)7-20-13)15-11(21-16)6-12(23-15)8-3-9(17)5-10(18)4-8/h3-7H,1-2H3,(H,19,21). The Morgan fingerprint density at radius 2 is 1.87 bits per heavy atom. The van der Waals surface area contributed by atoms with E-state index < -0.39 is 11.6 Å². The highest BCUT2D eigenvalue weighted by molar-refractivity contribution is 7.23. The first-order chi connectivity index (χ1) is 11.1. The molecule has 0 unspecified atom stereocenters. The van der Waals surface area contributed by atoms with Crippen LogP contribution < -0.4 is 5.32 Å². The summed E-state index contributed by atoms with van der Waals surface area (Å²) in [6.45, 7) is 0. The summed E-state index contributed by atoms with van der Waals surface area (Å²) >= 11 is 1.45. The molecule has 0 amide bonds. The maximum absolute atomic E-state index is 13.5. The van der Waals surface area contributed by atoms with Gasteiger partial charge in [-0.2, -0.15) is 0 Å². The van der Waals surface area contributed by atoms with Gasteiger partial charge in [-0.3, -0.25) is 0 Å². The van der Waals surface area contributed by atoms with Crippen LogP contribution >= 0.6 is 11.3 Å². The van der Waals surface area contributed by atoms with E-state index in [-0.39, 0.29) is 0 Å². The molecule has 3 aromatic heterocycles. The molecule has 1 N–H and O–H groups in total. The summed E-state index contributed by atoms with van der Waals surface area (Å²) in [6.07, 6.45) is 1.73. The molecule has 116 valence electrons. The molecular weight excluding hydrogens is 318 g/mol. The third-order valence-corrected chi connectivity index (χ3v) is 4.89. The van der Waals surface area contributed by atoms with Crippen molar-refractivity contribution in [1.82, 2.24) is 14.5 Å². The molecule has 7 heteroatoms. The van der Waals surface area contributed by atoms with Crippen molar-refractivity contribution in [3.63, 3.8) is 0 Å². The predicted molar refractivity (Wildman–Crippen MR) is 88.8 cm³/mol. The van der Waals surface area contributed by atoms with Gasteiger partial charge in [0.2, 0.25) is 0 Å². The molecule has 4 aromatic rings. The van der Waals surface area contributed by atoms with Crippen LogP contribution in [0.15, 0.2) is 30.6 Å². The van der Waals surface area contributed by atoms with Gasteiger partial charge in [-0.25, -0.2) is 18.7 Å². The normalized spacial score (nSPS) is 11.5. The number of thiophene rings is 1. The number of hydrogen-bond acceptors (Lipinski definition) is 4. The second kappa shape index (κ2) is 4.99. The Kier molecular flexibility index (Phi) is 3.05. The highest BCUT2D eigenvalue weighted by atomic mass is 32.1. The molecule has 0 spiro atoms. The number of nitrogens with one attached hydrogen (secondary N) is 1. The van der Waals surface area contributed by atoms with E-state index in [4.69, 9.17) is 0 Å². The quantitative estimate of drug-likeness (QED) is 0.600. The Hall–Kier alpha value is -2.54. The summed E-state index contributed by atoms with van der Waals surface area (Å²) in [5.74, 6) is -0.498. The molecule has 1 aromatic carbocycles.